The van der Waals surface area contributed by atoms with E-state index in [1.54, 1.807) is 0 Å². The van der Waals surface area contributed by atoms with Crippen molar-refractivity contribution in [2.24, 2.45) is 0 Å². The highest BCUT2D eigenvalue weighted by Gasteiger charge is 2.18. The van der Waals surface area contributed by atoms with Gasteiger partial charge < -0.3 is 4.74 Å². The summed E-state index contributed by atoms with van der Waals surface area (Å²) in [6.07, 6.45) is 3.82. The van der Waals surface area contributed by atoms with Gasteiger partial charge in [0.25, 0.3) is 0 Å². The Balaban J connectivity index is 4.29. The van der Waals surface area contributed by atoms with Crippen LogP contribution in [0.3, 0.4) is 0 Å². The number of hydrogen-bond acceptors (Lipinski definition) is 6. The fourth-order valence-corrected chi connectivity index (χ4v) is 3.61. The molecule has 0 aromatic heterocycles. The number of thioether (sulfide) groups is 2. The van der Waals surface area contributed by atoms with Crippen LogP contribution in [-0.4, -0.2) is 33.8 Å². The third-order valence-corrected chi connectivity index (χ3v) is 4.93. The van der Waals surface area contributed by atoms with Crippen molar-refractivity contribution in [1.82, 2.24) is 0 Å². The quantitative estimate of drug-likeness (QED) is 0.535. The molecule has 0 saturated heterocycles. The fraction of sp³-hybridized carbons (Fsp3) is 0.800. The Morgan fingerprint density at radius 3 is 2.05 bits per heavy atom. The molecule has 1 unspecified atom stereocenters. The first-order valence-corrected chi connectivity index (χ1v) is 9.40. The second-order valence-corrected chi connectivity index (χ2v) is 7.16. The summed E-state index contributed by atoms with van der Waals surface area (Å²) in [4.78, 5) is 34.7. The van der Waals surface area contributed by atoms with Gasteiger partial charge in [0.15, 0.2) is 10.2 Å². The number of ether oxygens (including phenoxy) is 1. The van der Waals surface area contributed by atoms with Crippen molar-refractivity contribution < 1.29 is 19.1 Å². The predicted molar refractivity (Wildman–Crippen MR) is 89.5 cm³/mol. The molecule has 0 aromatic rings. The Bertz CT molecular complexity index is 310. The molecule has 0 heterocycles. The van der Waals surface area contributed by atoms with Gasteiger partial charge in [-0.15, -0.1) is 0 Å². The summed E-state index contributed by atoms with van der Waals surface area (Å²) in [6.45, 7) is 6.03. The van der Waals surface area contributed by atoms with E-state index in [9.17, 15) is 14.4 Å². The molecule has 4 nitrogen and oxygen atoms in total. The van der Waals surface area contributed by atoms with Gasteiger partial charge in [-0.2, -0.15) is 0 Å². The van der Waals surface area contributed by atoms with Gasteiger partial charge in [0.1, 0.15) is 6.61 Å². The SMILES string of the molecule is CCCC(=O)OCC(CSC(=O)CCC)SC(=O)CCC. The minimum atomic E-state index is -0.240. The van der Waals surface area contributed by atoms with Crippen molar-refractivity contribution in [3.63, 3.8) is 0 Å². The van der Waals surface area contributed by atoms with Crippen molar-refractivity contribution in [3.05, 3.63) is 0 Å². The van der Waals surface area contributed by atoms with Crippen molar-refractivity contribution >= 4 is 39.7 Å². The van der Waals surface area contributed by atoms with Crippen LogP contribution in [0.15, 0.2) is 0 Å². The largest absolute Gasteiger partial charge is 0.464 e. The molecule has 21 heavy (non-hydrogen) atoms. The van der Waals surface area contributed by atoms with E-state index in [-0.39, 0.29) is 28.1 Å². The molecule has 122 valence electrons. The van der Waals surface area contributed by atoms with Gasteiger partial charge in [-0.3, -0.25) is 14.4 Å². The summed E-state index contributed by atoms with van der Waals surface area (Å²) in [5, 5.41) is 0.0826. The lowest BCUT2D eigenvalue weighted by Gasteiger charge is -2.15. The smallest absolute Gasteiger partial charge is 0.305 e. The molecular formula is C15H26O4S2. The monoisotopic (exact) mass is 334 g/mol. The number of esters is 1. The zero-order valence-corrected chi connectivity index (χ0v) is 14.8. The maximum absolute atomic E-state index is 11.7. The highest BCUT2D eigenvalue weighted by molar-refractivity contribution is 8.17. The first-order valence-electron chi connectivity index (χ1n) is 7.54. The van der Waals surface area contributed by atoms with Crippen LogP contribution in [0.5, 0.6) is 0 Å². The first kappa shape index (κ1) is 20.5. The van der Waals surface area contributed by atoms with Crippen LogP contribution >= 0.6 is 23.5 Å². The van der Waals surface area contributed by atoms with E-state index >= 15 is 0 Å². The summed E-state index contributed by atoms with van der Waals surface area (Å²) in [5.41, 5.74) is 0. The molecular weight excluding hydrogens is 308 g/mol. The van der Waals surface area contributed by atoms with E-state index in [0.717, 1.165) is 19.3 Å². The van der Waals surface area contributed by atoms with Gasteiger partial charge in [0.05, 0.1) is 5.25 Å². The molecule has 0 aliphatic rings. The molecule has 0 aliphatic carbocycles. The summed E-state index contributed by atoms with van der Waals surface area (Å²) in [6, 6.07) is 0. The van der Waals surface area contributed by atoms with E-state index in [1.807, 2.05) is 20.8 Å². The van der Waals surface area contributed by atoms with Gasteiger partial charge in [0.2, 0.25) is 0 Å². The minimum absolute atomic E-state index is 0.0950. The summed E-state index contributed by atoms with van der Waals surface area (Å²) in [5.74, 6) is 0.272. The summed E-state index contributed by atoms with van der Waals surface area (Å²) >= 11 is 2.43. The normalized spacial score (nSPS) is 12.0. The maximum Gasteiger partial charge on any atom is 0.305 e. The lowest BCUT2D eigenvalue weighted by molar-refractivity contribution is -0.143. The highest BCUT2D eigenvalue weighted by atomic mass is 32.2. The van der Waals surface area contributed by atoms with Crippen LogP contribution < -0.4 is 0 Å². The number of carbonyl (C=O) groups excluding carboxylic acids is 3. The molecule has 0 N–H and O–H groups in total. The van der Waals surface area contributed by atoms with Gasteiger partial charge in [0, 0.05) is 25.0 Å². The van der Waals surface area contributed by atoms with Gasteiger partial charge in [-0.25, -0.2) is 0 Å². The average Bonchev–Trinajstić information content (AvgIpc) is 2.42. The zero-order chi connectivity index (χ0) is 16.1. The molecule has 0 amide bonds. The van der Waals surface area contributed by atoms with Gasteiger partial charge >= 0.3 is 5.97 Å². The Hall–Kier alpha value is -0.490. The topological polar surface area (TPSA) is 60.4 Å². The molecule has 0 aromatic carbocycles. The molecule has 0 spiro atoms. The third-order valence-electron chi connectivity index (χ3n) is 2.52. The molecule has 0 saturated carbocycles. The number of carbonyl (C=O) groups is 3. The van der Waals surface area contributed by atoms with Crippen LogP contribution in [0.2, 0.25) is 0 Å². The number of rotatable bonds is 11. The molecule has 0 rings (SSSR count). The second-order valence-electron chi connectivity index (χ2n) is 4.73. The number of hydrogen-bond donors (Lipinski definition) is 0. The van der Waals surface area contributed by atoms with E-state index in [4.69, 9.17) is 4.74 Å². The minimum Gasteiger partial charge on any atom is -0.464 e. The molecule has 1 atom stereocenters. The van der Waals surface area contributed by atoms with Crippen LogP contribution in [0.25, 0.3) is 0 Å². The van der Waals surface area contributed by atoms with Crippen molar-refractivity contribution in [2.45, 2.75) is 64.5 Å². The van der Waals surface area contributed by atoms with Crippen molar-refractivity contribution in [2.75, 3.05) is 12.4 Å². The van der Waals surface area contributed by atoms with Gasteiger partial charge in [-0.05, 0) is 19.3 Å². The molecule has 0 radical (unpaired) electrons. The average molecular weight is 335 g/mol. The lowest BCUT2D eigenvalue weighted by Crippen LogP contribution is -2.21. The van der Waals surface area contributed by atoms with Crippen molar-refractivity contribution in [1.29, 1.82) is 0 Å². The fourth-order valence-electron chi connectivity index (χ4n) is 1.49. The van der Waals surface area contributed by atoms with Gasteiger partial charge in [-0.1, -0.05) is 44.3 Å². The molecule has 6 heteroatoms. The van der Waals surface area contributed by atoms with E-state index in [2.05, 4.69) is 0 Å². The highest BCUT2D eigenvalue weighted by Crippen LogP contribution is 2.21. The maximum atomic E-state index is 11.7. The Labute approximate surface area is 136 Å². The van der Waals surface area contributed by atoms with Crippen LogP contribution in [-0.2, 0) is 19.1 Å². The third kappa shape index (κ3) is 11.8. The second kappa shape index (κ2) is 13.2. The Morgan fingerprint density at radius 1 is 0.905 bits per heavy atom. The van der Waals surface area contributed by atoms with E-state index in [1.165, 1.54) is 23.5 Å². The molecule has 0 aliphatic heterocycles. The Kier molecular flexibility index (Phi) is 12.9. The van der Waals surface area contributed by atoms with Crippen LogP contribution in [0.4, 0.5) is 0 Å². The lowest BCUT2D eigenvalue weighted by atomic mass is 10.3. The molecule has 0 bridgehead atoms. The molecule has 0 fully saturated rings. The van der Waals surface area contributed by atoms with Crippen molar-refractivity contribution in [3.8, 4) is 0 Å². The summed E-state index contributed by atoms with van der Waals surface area (Å²) in [7, 11) is 0. The Morgan fingerprint density at radius 2 is 1.48 bits per heavy atom. The predicted octanol–water partition coefficient (Wildman–Crippen LogP) is 3.82. The summed E-state index contributed by atoms with van der Waals surface area (Å²) < 4.78 is 5.18. The standard InChI is InChI=1S/C15H26O4S2/c1-4-7-13(16)19-10-12(21-15(18)9-6-3)11-20-14(17)8-5-2/h12H,4-11H2,1-3H3. The van der Waals surface area contributed by atoms with E-state index < -0.39 is 0 Å². The van der Waals surface area contributed by atoms with Crippen LogP contribution in [0, 0.1) is 0 Å². The zero-order valence-electron chi connectivity index (χ0n) is 13.2. The van der Waals surface area contributed by atoms with Crippen LogP contribution in [0.1, 0.15) is 59.3 Å². The first-order chi connectivity index (χ1) is 10.0. The van der Waals surface area contributed by atoms with E-state index in [0.29, 0.717) is 25.0 Å².